The molecule has 1 heterocycles. The molecule has 1 aromatic heterocycles. The molecule has 0 saturated carbocycles. The summed E-state index contributed by atoms with van der Waals surface area (Å²) in [5.74, 6) is -3.81. The van der Waals surface area contributed by atoms with Gasteiger partial charge in [0.25, 0.3) is 0 Å². The van der Waals surface area contributed by atoms with Crippen LogP contribution in [0.5, 0.6) is 0 Å². The van der Waals surface area contributed by atoms with E-state index >= 15 is 0 Å². The van der Waals surface area contributed by atoms with Crippen molar-refractivity contribution in [2.24, 2.45) is 0 Å². The van der Waals surface area contributed by atoms with Gasteiger partial charge in [0, 0.05) is 18.9 Å². The molecule has 0 aliphatic rings. The van der Waals surface area contributed by atoms with Crippen molar-refractivity contribution in [1.82, 2.24) is 5.32 Å². The maximum absolute atomic E-state index is 11.5. The lowest BCUT2D eigenvalue weighted by atomic mass is 10.1. The molecule has 1 amide bonds. The van der Waals surface area contributed by atoms with Crippen LogP contribution in [0.1, 0.15) is 23.0 Å². The number of hydrogen-bond acceptors (Lipinski definition) is 5. The zero-order valence-electron chi connectivity index (χ0n) is 9.87. The highest BCUT2D eigenvalue weighted by molar-refractivity contribution is 5.84. The van der Waals surface area contributed by atoms with Gasteiger partial charge in [-0.15, -0.1) is 0 Å². The number of aliphatic carboxylic acids is 1. The van der Waals surface area contributed by atoms with Gasteiger partial charge in [-0.3, -0.25) is 4.79 Å². The van der Waals surface area contributed by atoms with Crippen molar-refractivity contribution in [2.75, 3.05) is 0 Å². The molecule has 1 atom stereocenters. The van der Waals surface area contributed by atoms with Crippen molar-refractivity contribution in [3.05, 3.63) is 33.9 Å². The lowest BCUT2D eigenvalue weighted by molar-refractivity contribution is -0.141. The van der Waals surface area contributed by atoms with Gasteiger partial charge in [0.05, 0.1) is 0 Å². The Labute approximate surface area is 106 Å². The van der Waals surface area contributed by atoms with Crippen LogP contribution in [-0.2, 0) is 16.0 Å². The van der Waals surface area contributed by atoms with E-state index in [-0.39, 0.29) is 12.0 Å². The summed E-state index contributed by atoms with van der Waals surface area (Å²) in [6.45, 7) is 1.14. The van der Waals surface area contributed by atoms with Gasteiger partial charge in [0.15, 0.2) is 0 Å². The molecule has 0 aliphatic carbocycles. The lowest BCUT2D eigenvalue weighted by Gasteiger charge is -2.12. The van der Waals surface area contributed by atoms with Crippen LogP contribution in [0.2, 0.25) is 0 Å². The van der Waals surface area contributed by atoms with E-state index in [4.69, 9.17) is 10.2 Å². The van der Waals surface area contributed by atoms with Crippen LogP contribution in [0.3, 0.4) is 0 Å². The van der Waals surface area contributed by atoms with E-state index in [9.17, 15) is 19.2 Å². The number of carbonyl (C=O) groups is 3. The number of rotatable bonds is 5. The Kier molecular flexibility index (Phi) is 4.41. The van der Waals surface area contributed by atoms with E-state index in [1.54, 1.807) is 0 Å². The molecular weight excluding hydrogens is 258 g/mol. The second-order valence-electron chi connectivity index (χ2n) is 3.71. The first-order valence-electron chi connectivity index (χ1n) is 5.17. The van der Waals surface area contributed by atoms with Crippen LogP contribution in [0.25, 0.3) is 0 Å². The first-order valence-corrected chi connectivity index (χ1v) is 5.17. The molecule has 19 heavy (non-hydrogen) atoms. The molecular formula is C11H11NO7. The van der Waals surface area contributed by atoms with E-state index in [1.807, 2.05) is 0 Å². The Balaban J connectivity index is 2.97. The van der Waals surface area contributed by atoms with Crippen molar-refractivity contribution in [2.45, 2.75) is 19.4 Å². The normalized spacial score (nSPS) is 11.6. The molecule has 0 saturated heterocycles. The van der Waals surface area contributed by atoms with E-state index in [1.165, 1.54) is 0 Å². The van der Waals surface area contributed by atoms with Crippen molar-refractivity contribution in [1.29, 1.82) is 0 Å². The Morgan fingerprint density at radius 1 is 1.32 bits per heavy atom. The monoisotopic (exact) mass is 269 g/mol. The van der Waals surface area contributed by atoms with Crippen molar-refractivity contribution >= 4 is 17.8 Å². The number of carbonyl (C=O) groups excluding carboxylic acids is 1. The smallest absolute Gasteiger partial charge is 0.371 e. The predicted molar refractivity (Wildman–Crippen MR) is 60.9 cm³/mol. The van der Waals surface area contributed by atoms with Gasteiger partial charge in [0.1, 0.15) is 6.04 Å². The summed E-state index contributed by atoms with van der Waals surface area (Å²) in [6, 6.07) is 0.926. The van der Waals surface area contributed by atoms with E-state index in [0.29, 0.717) is 0 Å². The second-order valence-corrected chi connectivity index (χ2v) is 3.71. The highest BCUT2D eigenvalue weighted by atomic mass is 16.4. The average Bonchev–Trinajstić information content (AvgIpc) is 2.29. The zero-order chi connectivity index (χ0) is 14.6. The Morgan fingerprint density at radius 3 is 2.37 bits per heavy atom. The minimum absolute atomic E-state index is 0.0360. The van der Waals surface area contributed by atoms with Crippen LogP contribution < -0.4 is 10.9 Å². The third-order valence-electron chi connectivity index (χ3n) is 2.21. The Hall–Kier alpha value is -2.64. The predicted octanol–water partition coefficient (Wildman–Crippen LogP) is -0.530. The zero-order valence-corrected chi connectivity index (χ0v) is 9.87. The molecule has 0 aromatic carbocycles. The summed E-state index contributed by atoms with van der Waals surface area (Å²) in [5.41, 5.74) is -0.984. The molecule has 0 unspecified atom stereocenters. The van der Waals surface area contributed by atoms with Gasteiger partial charge >= 0.3 is 17.6 Å². The molecule has 0 radical (unpaired) electrons. The molecule has 0 spiro atoms. The highest BCUT2D eigenvalue weighted by Gasteiger charge is 2.21. The van der Waals surface area contributed by atoms with Crippen molar-refractivity contribution in [3.8, 4) is 0 Å². The number of aromatic carboxylic acids is 1. The fourth-order valence-electron chi connectivity index (χ4n) is 1.38. The van der Waals surface area contributed by atoms with Gasteiger partial charge in [-0.2, -0.15) is 0 Å². The highest BCUT2D eigenvalue weighted by Crippen LogP contribution is 2.02. The van der Waals surface area contributed by atoms with Gasteiger partial charge < -0.3 is 19.9 Å². The minimum atomic E-state index is -1.40. The number of hydrogen-bond donors (Lipinski definition) is 3. The van der Waals surface area contributed by atoms with E-state index < -0.39 is 35.3 Å². The molecule has 0 fully saturated rings. The van der Waals surface area contributed by atoms with Gasteiger partial charge in [-0.1, -0.05) is 0 Å². The van der Waals surface area contributed by atoms with Crippen LogP contribution in [-0.4, -0.2) is 34.1 Å². The first-order chi connectivity index (χ1) is 8.81. The fraction of sp³-hybridized carbons (Fsp3) is 0.273. The molecule has 0 bridgehead atoms. The maximum Gasteiger partial charge on any atom is 0.371 e. The third kappa shape index (κ3) is 3.95. The second kappa shape index (κ2) is 5.80. The summed E-state index contributed by atoms with van der Waals surface area (Å²) in [6.07, 6.45) is -0.294. The number of carboxylic acid groups (broad SMARTS) is 2. The van der Waals surface area contributed by atoms with Crippen LogP contribution >= 0.6 is 0 Å². The Morgan fingerprint density at radius 2 is 1.95 bits per heavy atom. The molecule has 0 aliphatic heterocycles. The first kappa shape index (κ1) is 14.4. The maximum atomic E-state index is 11.5. The van der Waals surface area contributed by atoms with Gasteiger partial charge in [0.2, 0.25) is 11.7 Å². The van der Waals surface area contributed by atoms with Gasteiger partial charge in [-0.25, -0.2) is 14.4 Å². The quantitative estimate of drug-likeness (QED) is 0.654. The fourth-order valence-corrected chi connectivity index (χ4v) is 1.38. The topological polar surface area (TPSA) is 134 Å². The minimum Gasteiger partial charge on any atom is -0.480 e. The average molecular weight is 269 g/mol. The number of nitrogens with one attached hydrogen (secondary N) is 1. The molecule has 8 nitrogen and oxygen atoms in total. The SMILES string of the molecule is CC(=O)N[C@H](Cc1ccc(C(=O)O)oc1=O)C(=O)O. The Bertz CT molecular complexity index is 575. The van der Waals surface area contributed by atoms with Gasteiger partial charge in [-0.05, 0) is 12.1 Å². The number of carboxylic acids is 2. The third-order valence-corrected chi connectivity index (χ3v) is 2.21. The van der Waals surface area contributed by atoms with Crippen molar-refractivity contribution in [3.63, 3.8) is 0 Å². The summed E-state index contributed by atoms with van der Waals surface area (Å²) >= 11 is 0. The lowest BCUT2D eigenvalue weighted by Crippen LogP contribution is -2.42. The van der Waals surface area contributed by atoms with Crippen molar-refractivity contribution < 1.29 is 29.0 Å². The number of amides is 1. The molecule has 3 N–H and O–H groups in total. The summed E-state index contributed by atoms with van der Waals surface area (Å²) in [7, 11) is 0. The summed E-state index contributed by atoms with van der Waals surface area (Å²) in [4.78, 5) is 43.7. The summed E-state index contributed by atoms with van der Waals surface area (Å²) in [5, 5.41) is 19.6. The van der Waals surface area contributed by atoms with Crippen LogP contribution in [0.15, 0.2) is 21.3 Å². The van der Waals surface area contributed by atoms with E-state index in [2.05, 4.69) is 9.73 Å². The van der Waals surface area contributed by atoms with Crippen LogP contribution in [0, 0.1) is 0 Å². The van der Waals surface area contributed by atoms with Crippen LogP contribution in [0.4, 0.5) is 0 Å². The molecule has 102 valence electrons. The standard InChI is InChI=1S/C11H11NO7/c1-5(13)12-7(9(14)15)4-6-2-3-8(10(16)17)19-11(6)18/h2-3,7H,4H2,1H3,(H,12,13)(H,14,15)(H,16,17)/t7-/m1/s1. The summed E-state index contributed by atoms with van der Waals surface area (Å²) < 4.78 is 4.49. The van der Waals surface area contributed by atoms with E-state index in [0.717, 1.165) is 19.1 Å². The molecule has 8 heteroatoms. The largest absolute Gasteiger partial charge is 0.480 e. The molecule has 1 rings (SSSR count). The molecule has 1 aromatic rings.